The summed E-state index contributed by atoms with van der Waals surface area (Å²) in [5, 5.41) is 21.8. The van der Waals surface area contributed by atoms with E-state index in [1.807, 2.05) is 13.8 Å². The van der Waals surface area contributed by atoms with Crippen molar-refractivity contribution in [3.8, 4) is 0 Å². The van der Waals surface area contributed by atoms with Crippen LogP contribution in [-0.4, -0.2) is 48.7 Å². The topological polar surface area (TPSA) is 61.7 Å². The maximum absolute atomic E-state index is 9.63. The molecule has 0 rings (SSSR count). The minimum absolute atomic E-state index is 0.159. The summed E-state index contributed by atoms with van der Waals surface area (Å²) in [7, 11) is 0. The van der Waals surface area contributed by atoms with E-state index in [2.05, 4.69) is 12.2 Å². The number of ether oxygens (including phenoxy) is 1. The van der Waals surface area contributed by atoms with Crippen LogP contribution in [0.15, 0.2) is 0 Å². The molecule has 2 unspecified atom stereocenters. The van der Waals surface area contributed by atoms with Crippen molar-refractivity contribution in [2.45, 2.75) is 52.2 Å². The molecule has 0 saturated heterocycles. The number of hydrogen-bond acceptors (Lipinski definition) is 4. The smallest absolute Gasteiger partial charge is 0.0897 e. The Hall–Kier alpha value is -0.160. The van der Waals surface area contributed by atoms with E-state index in [4.69, 9.17) is 9.84 Å². The first-order valence-electron chi connectivity index (χ1n) is 6.71. The highest BCUT2D eigenvalue weighted by Gasteiger charge is 2.09. The molecule has 0 spiro atoms. The molecule has 0 saturated carbocycles. The standard InChI is InChI=1S/C13H29NO3/c1-4-5-12(6-7-15)8-14-9-13(16)10-17-11(2)3/h11-16H,4-10H2,1-3H3. The highest BCUT2D eigenvalue weighted by Crippen LogP contribution is 2.09. The van der Waals surface area contributed by atoms with Crippen LogP contribution in [0.2, 0.25) is 0 Å². The van der Waals surface area contributed by atoms with Gasteiger partial charge in [-0.2, -0.15) is 0 Å². The maximum atomic E-state index is 9.63. The third-order valence-electron chi connectivity index (χ3n) is 2.67. The lowest BCUT2D eigenvalue weighted by Crippen LogP contribution is -2.34. The Morgan fingerprint density at radius 1 is 1.18 bits per heavy atom. The van der Waals surface area contributed by atoms with Gasteiger partial charge >= 0.3 is 0 Å². The number of nitrogens with one attached hydrogen (secondary N) is 1. The first-order chi connectivity index (χ1) is 8.10. The van der Waals surface area contributed by atoms with Gasteiger partial charge in [0.15, 0.2) is 0 Å². The average Bonchev–Trinajstić information content (AvgIpc) is 2.27. The van der Waals surface area contributed by atoms with Gasteiger partial charge in [0.2, 0.25) is 0 Å². The van der Waals surface area contributed by atoms with E-state index in [0.29, 0.717) is 19.1 Å². The zero-order valence-corrected chi connectivity index (χ0v) is 11.5. The van der Waals surface area contributed by atoms with E-state index < -0.39 is 6.10 Å². The third kappa shape index (κ3) is 10.7. The molecule has 104 valence electrons. The molecule has 4 heteroatoms. The van der Waals surface area contributed by atoms with E-state index in [1.54, 1.807) is 0 Å². The van der Waals surface area contributed by atoms with Crippen molar-refractivity contribution in [3.05, 3.63) is 0 Å². The van der Waals surface area contributed by atoms with Gasteiger partial charge in [0.05, 0.1) is 18.8 Å². The second-order valence-corrected chi connectivity index (χ2v) is 4.86. The molecule has 0 aromatic rings. The van der Waals surface area contributed by atoms with Gasteiger partial charge < -0.3 is 20.3 Å². The highest BCUT2D eigenvalue weighted by molar-refractivity contribution is 4.65. The van der Waals surface area contributed by atoms with Crippen LogP contribution < -0.4 is 5.32 Å². The van der Waals surface area contributed by atoms with Crippen molar-refractivity contribution in [2.75, 3.05) is 26.3 Å². The fourth-order valence-electron chi connectivity index (χ4n) is 1.76. The lowest BCUT2D eigenvalue weighted by atomic mass is 10.0. The van der Waals surface area contributed by atoms with E-state index in [9.17, 15) is 5.11 Å². The fourth-order valence-corrected chi connectivity index (χ4v) is 1.76. The molecule has 0 heterocycles. The van der Waals surface area contributed by atoms with Crippen LogP contribution in [0.25, 0.3) is 0 Å². The Morgan fingerprint density at radius 3 is 2.41 bits per heavy atom. The molecule has 4 nitrogen and oxygen atoms in total. The van der Waals surface area contributed by atoms with Gasteiger partial charge in [0.25, 0.3) is 0 Å². The van der Waals surface area contributed by atoms with Crippen molar-refractivity contribution in [2.24, 2.45) is 5.92 Å². The number of aliphatic hydroxyl groups is 2. The van der Waals surface area contributed by atoms with E-state index >= 15 is 0 Å². The van der Waals surface area contributed by atoms with Crippen molar-refractivity contribution >= 4 is 0 Å². The zero-order chi connectivity index (χ0) is 13.1. The number of aliphatic hydroxyl groups excluding tert-OH is 2. The summed E-state index contributed by atoms with van der Waals surface area (Å²) in [6.45, 7) is 8.09. The van der Waals surface area contributed by atoms with Gasteiger partial charge in [-0.15, -0.1) is 0 Å². The minimum atomic E-state index is -0.450. The summed E-state index contributed by atoms with van der Waals surface area (Å²) in [5.74, 6) is 0.503. The lowest BCUT2D eigenvalue weighted by Gasteiger charge is -2.18. The Balaban J connectivity index is 3.57. The lowest BCUT2D eigenvalue weighted by molar-refractivity contribution is 0.00604. The first-order valence-corrected chi connectivity index (χ1v) is 6.71. The zero-order valence-electron chi connectivity index (χ0n) is 11.5. The molecule has 0 aliphatic carbocycles. The molecule has 0 aromatic heterocycles. The van der Waals surface area contributed by atoms with Crippen molar-refractivity contribution in [1.82, 2.24) is 5.32 Å². The predicted octanol–water partition coefficient (Wildman–Crippen LogP) is 1.16. The van der Waals surface area contributed by atoms with E-state index in [0.717, 1.165) is 25.8 Å². The fraction of sp³-hybridized carbons (Fsp3) is 1.00. The molecule has 17 heavy (non-hydrogen) atoms. The summed E-state index contributed by atoms with van der Waals surface area (Å²) in [5.41, 5.74) is 0. The van der Waals surface area contributed by atoms with Crippen LogP contribution in [0, 0.1) is 5.92 Å². The largest absolute Gasteiger partial charge is 0.396 e. The summed E-state index contributed by atoms with van der Waals surface area (Å²) in [6, 6.07) is 0. The van der Waals surface area contributed by atoms with Crippen molar-refractivity contribution in [3.63, 3.8) is 0 Å². The second kappa shape index (κ2) is 11.0. The third-order valence-corrected chi connectivity index (χ3v) is 2.67. The summed E-state index contributed by atoms with van der Waals surface area (Å²) in [6.07, 6.45) is 2.79. The minimum Gasteiger partial charge on any atom is -0.396 e. The Bertz CT molecular complexity index is 159. The molecule has 0 amide bonds. The molecule has 2 atom stereocenters. The summed E-state index contributed by atoms with van der Waals surface area (Å²) >= 11 is 0. The molecule has 0 aliphatic rings. The maximum Gasteiger partial charge on any atom is 0.0897 e. The molecule has 0 fully saturated rings. The van der Waals surface area contributed by atoms with E-state index in [-0.39, 0.29) is 12.7 Å². The summed E-state index contributed by atoms with van der Waals surface area (Å²) < 4.78 is 5.33. The van der Waals surface area contributed by atoms with Gasteiger partial charge in [0.1, 0.15) is 0 Å². The van der Waals surface area contributed by atoms with Gasteiger partial charge in [-0.25, -0.2) is 0 Å². The van der Waals surface area contributed by atoms with Crippen LogP contribution in [0.5, 0.6) is 0 Å². The average molecular weight is 247 g/mol. The van der Waals surface area contributed by atoms with Crippen molar-refractivity contribution in [1.29, 1.82) is 0 Å². The molecular weight excluding hydrogens is 218 g/mol. The van der Waals surface area contributed by atoms with Crippen LogP contribution >= 0.6 is 0 Å². The van der Waals surface area contributed by atoms with Gasteiger partial charge in [-0.1, -0.05) is 13.3 Å². The predicted molar refractivity (Wildman–Crippen MR) is 70.1 cm³/mol. The molecule has 0 aliphatic heterocycles. The number of rotatable bonds is 11. The summed E-state index contributed by atoms with van der Waals surface area (Å²) in [4.78, 5) is 0. The molecular formula is C13H29NO3. The molecule has 0 radical (unpaired) electrons. The SMILES string of the molecule is CCCC(CCO)CNCC(O)COC(C)C. The van der Waals surface area contributed by atoms with Crippen LogP contribution in [-0.2, 0) is 4.74 Å². The molecule has 3 N–H and O–H groups in total. The molecule has 0 aromatic carbocycles. The van der Waals surface area contributed by atoms with Gasteiger partial charge in [0, 0.05) is 13.2 Å². The van der Waals surface area contributed by atoms with Gasteiger partial charge in [-0.05, 0) is 39.2 Å². The van der Waals surface area contributed by atoms with Crippen LogP contribution in [0.3, 0.4) is 0 Å². The Morgan fingerprint density at radius 2 is 1.88 bits per heavy atom. The second-order valence-electron chi connectivity index (χ2n) is 4.86. The van der Waals surface area contributed by atoms with Crippen LogP contribution in [0.1, 0.15) is 40.0 Å². The monoisotopic (exact) mass is 247 g/mol. The number of hydrogen-bond donors (Lipinski definition) is 3. The van der Waals surface area contributed by atoms with Crippen LogP contribution in [0.4, 0.5) is 0 Å². The molecule has 0 bridgehead atoms. The normalized spacial score (nSPS) is 15.2. The van der Waals surface area contributed by atoms with Crippen molar-refractivity contribution < 1.29 is 14.9 Å². The Labute approximate surface area is 105 Å². The highest BCUT2D eigenvalue weighted by atomic mass is 16.5. The van der Waals surface area contributed by atoms with Gasteiger partial charge in [-0.3, -0.25) is 0 Å². The Kier molecular flexibility index (Phi) is 10.9. The first kappa shape index (κ1) is 16.8. The van der Waals surface area contributed by atoms with E-state index in [1.165, 1.54) is 0 Å². The quantitative estimate of drug-likeness (QED) is 0.513.